The maximum absolute atomic E-state index is 12.7. The molecule has 2 heterocycles. The summed E-state index contributed by atoms with van der Waals surface area (Å²) in [6.45, 7) is 7.46. The fraction of sp³-hybridized carbons (Fsp3) is 0.259. The van der Waals surface area contributed by atoms with Crippen molar-refractivity contribution in [1.82, 2.24) is 20.0 Å². The monoisotopic (exact) mass is 520 g/mol. The van der Waals surface area contributed by atoms with Gasteiger partial charge in [0.05, 0.1) is 22.2 Å². The number of thiazole rings is 1. The van der Waals surface area contributed by atoms with Crippen LogP contribution in [0.4, 0.5) is 0 Å². The summed E-state index contributed by atoms with van der Waals surface area (Å²) in [6.07, 6.45) is 0.0641. The molecule has 0 amide bonds. The third-order valence-electron chi connectivity index (χ3n) is 5.71. The molecular formula is C27H25ClN4O3S. The van der Waals surface area contributed by atoms with Crippen LogP contribution >= 0.6 is 22.9 Å². The van der Waals surface area contributed by atoms with Crippen molar-refractivity contribution < 1.29 is 14.6 Å². The molecule has 2 aromatic heterocycles. The van der Waals surface area contributed by atoms with Crippen molar-refractivity contribution in [3.8, 4) is 21.7 Å². The van der Waals surface area contributed by atoms with Crippen LogP contribution in [0.5, 0.6) is 0 Å². The van der Waals surface area contributed by atoms with E-state index in [0.29, 0.717) is 5.02 Å². The summed E-state index contributed by atoms with van der Waals surface area (Å²) in [5, 5.41) is 9.85. The molecule has 0 radical (unpaired) electrons. The third kappa shape index (κ3) is 4.84. The van der Waals surface area contributed by atoms with E-state index in [-0.39, 0.29) is 6.42 Å². The zero-order chi connectivity index (χ0) is 25.6. The lowest BCUT2D eigenvalue weighted by atomic mass is 9.93. The van der Waals surface area contributed by atoms with E-state index in [9.17, 15) is 4.79 Å². The Morgan fingerprint density at radius 1 is 1.06 bits per heavy atom. The van der Waals surface area contributed by atoms with Crippen LogP contribution in [0.25, 0.3) is 42.9 Å². The average molecular weight is 521 g/mol. The molecular weight excluding hydrogens is 496 g/mol. The number of hydrogen-bond donors (Lipinski definition) is 0. The van der Waals surface area contributed by atoms with Gasteiger partial charge in [-0.2, -0.15) is 4.89 Å². The molecule has 0 fully saturated rings. The molecule has 0 aliphatic rings. The predicted molar refractivity (Wildman–Crippen MR) is 143 cm³/mol. The van der Waals surface area contributed by atoms with Gasteiger partial charge in [-0.15, -0.1) is 16.4 Å². The SMILES string of the molecule is Cc1cc2nc(-c3ccc4c(c3)nnn4C)sc2c(-c2ccc(Cl)cc2)c1CC(=O)OOC(C)(C)C. The third-order valence-corrected chi connectivity index (χ3v) is 7.10. The van der Waals surface area contributed by atoms with Gasteiger partial charge in [-0.3, -0.25) is 4.89 Å². The van der Waals surface area contributed by atoms with Crippen molar-refractivity contribution in [2.45, 2.75) is 39.7 Å². The molecule has 5 aromatic rings. The Hall–Kier alpha value is -3.33. The lowest BCUT2D eigenvalue weighted by molar-refractivity contribution is -0.320. The lowest BCUT2D eigenvalue weighted by Gasteiger charge is -2.18. The number of carbonyl (C=O) groups excluding carboxylic acids is 1. The van der Waals surface area contributed by atoms with Gasteiger partial charge in [0.1, 0.15) is 16.1 Å². The smallest absolute Gasteiger partial charge is 0.297 e. The highest BCUT2D eigenvalue weighted by Gasteiger charge is 2.22. The summed E-state index contributed by atoms with van der Waals surface area (Å²) in [5.74, 6) is -0.458. The Kier molecular flexibility index (Phi) is 6.28. The molecule has 7 nitrogen and oxygen atoms in total. The van der Waals surface area contributed by atoms with Crippen molar-refractivity contribution >= 4 is 50.2 Å². The zero-order valence-electron chi connectivity index (χ0n) is 20.6. The van der Waals surface area contributed by atoms with Gasteiger partial charge in [-0.25, -0.2) is 14.5 Å². The molecule has 0 saturated heterocycles. The van der Waals surface area contributed by atoms with Gasteiger partial charge < -0.3 is 0 Å². The first-order valence-corrected chi connectivity index (χ1v) is 12.7. The molecule has 0 unspecified atom stereocenters. The maximum atomic E-state index is 12.7. The fourth-order valence-electron chi connectivity index (χ4n) is 4.03. The Balaban J connectivity index is 1.64. The van der Waals surface area contributed by atoms with E-state index < -0.39 is 11.6 Å². The van der Waals surface area contributed by atoms with Gasteiger partial charge >= 0.3 is 5.97 Å². The van der Waals surface area contributed by atoms with Crippen LogP contribution in [0.15, 0.2) is 48.5 Å². The lowest BCUT2D eigenvalue weighted by Crippen LogP contribution is -2.22. The van der Waals surface area contributed by atoms with E-state index in [4.69, 9.17) is 26.4 Å². The van der Waals surface area contributed by atoms with Crippen molar-refractivity contribution in [3.63, 3.8) is 0 Å². The first kappa shape index (κ1) is 24.4. The van der Waals surface area contributed by atoms with Gasteiger partial charge in [-0.05, 0) is 80.8 Å². The van der Waals surface area contributed by atoms with Crippen LogP contribution in [-0.2, 0) is 28.0 Å². The van der Waals surface area contributed by atoms with Crippen molar-refractivity contribution in [2.24, 2.45) is 7.05 Å². The van der Waals surface area contributed by atoms with E-state index >= 15 is 0 Å². The van der Waals surface area contributed by atoms with Crippen LogP contribution in [0, 0.1) is 6.92 Å². The number of nitrogens with zero attached hydrogens (tertiary/aromatic N) is 4. The number of aromatic nitrogens is 4. The molecule has 3 aromatic carbocycles. The molecule has 0 N–H and O–H groups in total. The molecule has 9 heteroatoms. The maximum Gasteiger partial charge on any atom is 0.346 e. The number of halogens is 1. The molecule has 36 heavy (non-hydrogen) atoms. The highest BCUT2D eigenvalue weighted by molar-refractivity contribution is 7.22. The molecule has 0 atom stereocenters. The highest BCUT2D eigenvalue weighted by Crippen LogP contribution is 2.41. The first-order chi connectivity index (χ1) is 17.1. The number of benzene rings is 3. The summed E-state index contributed by atoms with van der Waals surface area (Å²) in [4.78, 5) is 28.1. The summed E-state index contributed by atoms with van der Waals surface area (Å²) >= 11 is 7.75. The topological polar surface area (TPSA) is 79.1 Å². The highest BCUT2D eigenvalue weighted by atomic mass is 35.5. The Morgan fingerprint density at radius 3 is 2.50 bits per heavy atom. The second-order valence-corrected chi connectivity index (χ2v) is 11.1. The van der Waals surface area contributed by atoms with Crippen LogP contribution in [0.2, 0.25) is 5.02 Å². The second kappa shape index (κ2) is 9.28. The Bertz CT molecular complexity index is 1600. The minimum absolute atomic E-state index is 0.0641. The van der Waals surface area contributed by atoms with E-state index in [1.807, 2.05) is 83.3 Å². The quantitative estimate of drug-likeness (QED) is 0.190. The van der Waals surface area contributed by atoms with E-state index in [1.54, 1.807) is 16.0 Å². The zero-order valence-corrected chi connectivity index (χ0v) is 22.2. The molecule has 5 rings (SSSR count). The molecule has 0 saturated carbocycles. The first-order valence-electron chi connectivity index (χ1n) is 11.5. The second-order valence-electron chi connectivity index (χ2n) is 9.67. The minimum atomic E-state index is -0.593. The van der Waals surface area contributed by atoms with Crippen LogP contribution < -0.4 is 0 Å². The van der Waals surface area contributed by atoms with Gasteiger partial charge in [0.2, 0.25) is 0 Å². The van der Waals surface area contributed by atoms with Gasteiger partial charge in [0.25, 0.3) is 0 Å². The van der Waals surface area contributed by atoms with Gasteiger partial charge in [-0.1, -0.05) is 28.9 Å². The summed E-state index contributed by atoms with van der Waals surface area (Å²) in [5.41, 5.74) is 6.70. The standard InChI is InChI=1S/C27H25ClN4O3S/c1-15-12-21-25(36-26(29-21)17-8-11-22-20(13-17)30-31-32(22)5)24(16-6-9-18(28)10-7-16)19(15)14-23(33)34-35-27(2,3)4/h6-13H,14H2,1-5H3. The normalized spacial score (nSPS) is 11.9. The summed E-state index contributed by atoms with van der Waals surface area (Å²) in [7, 11) is 1.87. The predicted octanol–water partition coefficient (Wildman–Crippen LogP) is 6.69. The molecule has 0 bridgehead atoms. The van der Waals surface area contributed by atoms with Crippen LogP contribution in [0.3, 0.4) is 0 Å². The van der Waals surface area contributed by atoms with E-state index in [0.717, 1.165) is 54.1 Å². The van der Waals surface area contributed by atoms with E-state index in [2.05, 4.69) is 10.3 Å². The fourth-order valence-corrected chi connectivity index (χ4v) is 5.29. The van der Waals surface area contributed by atoms with E-state index in [1.165, 1.54) is 0 Å². The minimum Gasteiger partial charge on any atom is -0.297 e. The number of fused-ring (bicyclic) bond motifs is 2. The number of rotatable bonds is 5. The Labute approximate surface area is 217 Å². The largest absolute Gasteiger partial charge is 0.346 e. The molecule has 0 spiro atoms. The molecule has 0 aliphatic carbocycles. The van der Waals surface area contributed by atoms with Crippen molar-refractivity contribution in [2.75, 3.05) is 0 Å². The number of hydrogen-bond acceptors (Lipinski definition) is 7. The van der Waals surface area contributed by atoms with Crippen LogP contribution in [-0.4, -0.2) is 31.5 Å². The summed E-state index contributed by atoms with van der Waals surface area (Å²) < 4.78 is 2.73. The number of carbonyl (C=O) groups is 1. The average Bonchev–Trinajstić information content (AvgIpc) is 3.41. The van der Waals surface area contributed by atoms with Gasteiger partial charge in [0, 0.05) is 23.2 Å². The van der Waals surface area contributed by atoms with Crippen LogP contribution in [0.1, 0.15) is 31.9 Å². The van der Waals surface area contributed by atoms with Crippen molar-refractivity contribution in [1.29, 1.82) is 0 Å². The van der Waals surface area contributed by atoms with Crippen molar-refractivity contribution in [3.05, 3.63) is 64.7 Å². The molecule has 0 aliphatic heterocycles. The van der Waals surface area contributed by atoms with Gasteiger partial charge in [0.15, 0.2) is 0 Å². The number of aryl methyl sites for hydroxylation is 2. The molecule has 184 valence electrons. The Morgan fingerprint density at radius 2 is 1.78 bits per heavy atom. The summed E-state index contributed by atoms with van der Waals surface area (Å²) in [6, 6.07) is 15.7.